The molecule has 0 aliphatic rings. The fourth-order valence-corrected chi connectivity index (χ4v) is 1.11. The zero-order valence-electron chi connectivity index (χ0n) is 7.92. The molecule has 0 unspecified atom stereocenters. The molecule has 1 aromatic rings. The Hall–Kier alpha value is -1.85. The summed E-state index contributed by atoms with van der Waals surface area (Å²) >= 11 is 0. The number of phenols is 1. The smallest absolute Gasteiger partial charge is 0.328 e. The number of hydrogen-bond acceptors (Lipinski definition) is 4. The number of aromatic hydroxyl groups is 1. The zero-order chi connectivity index (χ0) is 11.4. The summed E-state index contributed by atoms with van der Waals surface area (Å²) in [4.78, 5) is 10.3. The van der Waals surface area contributed by atoms with Crippen LogP contribution in [0.4, 0.5) is 0 Å². The molecule has 0 atom stereocenters. The van der Waals surface area contributed by atoms with Crippen molar-refractivity contribution in [3.8, 4) is 5.75 Å². The maximum absolute atomic E-state index is 10.3. The lowest BCUT2D eigenvalue weighted by molar-refractivity contribution is -0.131. The van der Waals surface area contributed by atoms with Crippen molar-refractivity contribution >= 4 is 12.0 Å². The predicted molar refractivity (Wildman–Crippen MR) is 55.9 cm³/mol. The normalized spacial score (nSPS) is 11.1. The van der Waals surface area contributed by atoms with Gasteiger partial charge in [-0.3, -0.25) is 0 Å². The Labute approximate surface area is 86.6 Å². The standard InChI is InChI=1S/C10H12N2O3/c11-10(12)7-5-6(1-3-8(7)13)2-4-9(14)15/h1-5,10,13H,11-12H2,(H,14,15). The second-order valence-corrected chi connectivity index (χ2v) is 3.02. The Balaban J connectivity index is 3.02. The minimum Gasteiger partial charge on any atom is -0.508 e. The van der Waals surface area contributed by atoms with Crippen molar-refractivity contribution in [2.45, 2.75) is 6.17 Å². The van der Waals surface area contributed by atoms with Crippen LogP contribution in [-0.2, 0) is 4.79 Å². The molecule has 0 heterocycles. The van der Waals surface area contributed by atoms with Crippen LogP contribution in [0.2, 0.25) is 0 Å². The first-order chi connectivity index (χ1) is 7.00. The van der Waals surface area contributed by atoms with Crippen molar-refractivity contribution in [1.29, 1.82) is 0 Å². The van der Waals surface area contributed by atoms with Gasteiger partial charge >= 0.3 is 5.97 Å². The quantitative estimate of drug-likeness (QED) is 0.424. The third kappa shape index (κ3) is 3.08. The summed E-state index contributed by atoms with van der Waals surface area (Å²) in [5, 5.41) is 17.8. The van der Waals surface area contributed by atoms with E-state index in [0.717, 1.165) is 6.08 Å². The van der Waals surface area contributed by atoms with Gasteiger partial charge in [0.25, 0.3) is 0 Å². The molecule has 0 saturated carbocycles. The van der Waals surface area contributed by atoms with Gasteiger partial charge in [0.05, 0.1) is 6.17 Å². The molecule has 1 aromatic carbocycles. The summed E-state index contributed by atoms with van der Waals surface area (Å²) < 4.78 is 0. The van der Waals surface area contributed by atoms with Gasteiger partial charge in [0.15, 0.2) is 0 Å². The highest BCUT2D eigenvalue weighted by atomic mass is 16.4. The Morgan fingerprint density at radius 3 is 2.60 bits per heavy atom. The van der Waals surface area contributed by atoms with E-state index in [1.54, 1.807) is 12.1 Å². The van der Waals surface area contributed by atoms with E-state index in [9.17, 15) is 9.90 Å². The van der Waals surface area contributed by atoms with Crippen LogP contribution in [0.1, 0.15) is 17.3 Å². The van der Waals surface area contributed by atoms with Crippen molar-refractivity contribution in [3.05, 3.63) is 35.4 Å². The molecule has 0 fully saturated rings. The lowest BCUT2D eigenvalue weighted by Crippen LogP contribution is -2.20. The van der Waals surface area contributed by atoms with Crippen LogP contribution in [0, 0.1) is 0 Å². The second kappa shape index (κ2) is 4.59. The fraction of sp³-hybridized carbons (Fsp3) is 0.100. The molecule has 0 aliphatic heterocycles. The van der Waals surface area contributed by atoms with Gasteiger partial charge < -0.3 is 21.7 Å². The van der Waals surface area contributed by atoms with Gasteiger partial charge in [-0.15, -0.1) is 0 Å². The van der Waals surface area contributed by atoms with Gasteiger partial charge in [-0.1, -0.05) is 6.07 Å². The Kier molecular flexibility index (Phi) is 3.43. The van der Waals surface area contributed by atoms with Crippen LogP contribution >= 0.6 is 0 Å². The first-order valence-electron chi connectivity index (χ1n) is 4.26. The van der Waals surface area contributed by atoms with Gasteiger partial charge in [-0.2, -0.15) is 0 Å². The number of rotatable bonds is 3. The van der Waals surface area contributed by atoms with Crippen molar-refractivity contribution in [2.24, 2.45) is 11.5 Å². The maximum Gasteiger partial charge on any atom is 0.328 e. The topological polar surface area (TPSA) is 110 Å². The minimum absolute atomic E-state index is 0.00234. The van der Waals surface area contributed by atoms with Crippen LogP contribution in [0.5, 0.6) is 5.75 Å². The van der Waals surface area contributed by atoms with Gasteiger partial charge in [0.1, 0.15) is 5.75 Å². The molecule has 0 spiro atoms. The Morgan fingerprint density at radius 2 is 2.07 bits per heavy atom. The molecule has 5 heteroatoms. The van der Waals surface area contributed by atoms with E-state index < -0.39 is 12.1 Å². The lowest BCUT2D eigenvalue weighted by atomic mass is 10.1. The van der Waals surface area contributed by atoms with Crippen LogP contribution in [0.25, 0.3) is 6.08 Å². The minimum atomic E-state index is -1.04. The van der Waals surface area contributed by atoms with Crippen molar-refractivity contribution < 1.29 is 15.0 Å². The summed E-state index contributed by atoms with van der Waals surface area (Å²) in [5.41, 5.74) is 11.8. The van der Waals surface area contributed by atoms with E-state index in [1.165, 1.54) is 12.1 Å². The molecule has 5 nitrogen and oxygen atoms in total. The molecule has 0 radical (unpaired) electrons. The zero-order valence-corrected chi connectivity index (χ0v) is 7.92. The highest BCUT2D eigenvalue weighted by molar-refractivity contribution is 5.85. The number of carboxylic acids is 1. The molecular formula is C10H12N2O3. The highest BCUT2D eigenvalue weighted by Gasteiger charge is 2.06. The average molecular weight is 208 g/mol. The first kappa shape index (κ1) is 11.2. The Morgan fingerprint density at radius 1 is 1.40 bits per heavy atom. The van der Waals surface area contributed by atoms with Crippen LogP contribution in [-0.4, -0.2) is 16.2 Å². The Bertz CT molecular complexity index is 400. The molecule has 0 aliphatic carbocycles. The lowest BCUT2D eigenvalue weighted by Gasteiger charge is -2.08. The van der Waals surface area contributed by atoms with Gasteiger partial charge in [0, 0.05) is 11.6 Å². The number of phenolic OH excluding ortho intramolecular Hbond substituents is 1. The SMILES string of the molecule is NC(N)c1cc(C=CC(=O)O)ccc1O. The highest BCUT2D eigenvalue weighted by Crippen LogP contribution is 2.22. The third-order valence-corrected chi connectivity index (χ3v) is 1.83. The molecule has 0 amide bonds. The van der Waals surface area contributed by atoms with E-state index in [0.29, 0.717) is 11.1 Å². The molecule has 0 saturated heterocycles. The number of nitrogens with two attached hydrogens (primary N) is 2. The number of aliphatic carboxylic acids is 1. The fourth-order valence-electron chi connectivity index (χ4n) is 1.11. The number of carbonyl (C=O) groups is 1. The summed E-state index contributed by atoms with van der Waals surface area (Å²) in [7, 11) is 0. The van der Waals surface area contributed by atoms with E-state index in [2.05, 4.69) is 0 Å². The first-order valence-corrected chi connectivity index (χ1v) is 4.26. The number of hydrogen-bond donors (Lipinski definition) is 4. The van der Waals surface area contributed by atoms with Crippen molar-refractivity contribution in [1.82, 2.24) is 0 Å². The molecule has 1 rings (SSSR count). The largest absolute Gasteiger partial charge is 0.508 e. The molecular weight excluding hydrogens is 196 g/mol. The van der Waals surface area contributed by atoms with E-state index >= 15 is 0 Å². The summed E-state index contributed by atoms with van der Waals surface area (Å²) in [5.74, 6) is -1.04. The molecule has 0 aromatic heterocycles. The summed E-state index contributed by atoms with van der Waals surface area (Å²) in [6.45, 7) is 0. The summed E-state index contributed by atoms with van der Waals surface area (Å²) in [6, 6.07) is 4.53. The van der Waals surface area contributed by atoms with Gasteiger partial charge in [-0.05, 0) is 23.8 Å². The van der Waals surface area contributed by atoms with Crippen molar-refractivity contribution in [3.63, 3.8) is 0 Å². The molecule has 15 heavy (non-hydrogen) atoms. The van der Waals surface area contributed by atoms with E-state index in [1.807, 2.05) is 0 Å². The number of benzene rings is 1. The third-order valence-electron chi connectivity index (χ3n) is 1.83. The van der Waals surface area contributed by atoms with Gasteiger partial charge in [-0.25, -0.2) is 4.79 Å². The average Bonchev–Trinajstić information content (AvgIpc) is 2.16. The summed E-state index contributed by atoms with van der Waals surface area (Å²) in [6.07, 6.45) is 1.61. The van der Waals surface area contributed by atoms with Crippen LogP contribution in [0.15, 0.2) is 24.3 Å². The monoisotopic (exact) mass is 208 g/mol. The van der Waals surface area contributed by atoms with Gasteiger partial charge in [0.2, 0.25) is 0 Å². The van der Waals surface area contributed by atoms with E-state index in [-0.39, 0.29) is 5.75 Å². The van der Waals surface area contributed by atoms with E-state index in [4.69, 9.17) is 16.6 Å². The molecule has 0 bridgehead atoms. The number of carboxylic acid groups (broad SMARTS) is 1. The van der Waals surface area contributed by atoms with Crippen molar-refractivity contribution in [2.75, 3.05) is 0 Å². The molecule has 80 valence electrons. The maximum atomic E-state index is 10.3. The predicted octanol–water partition coefficient (Wildman–Crippen LogP) is 0.406. The second-order valence-electron chi connectivity index (χ2n) is 3.02. The van der Waals surface area contributed by atoms with Crippen LogP contribution in [0.3, 0.4) is 0 Å². The van der Waals surface area contributed by atoms with Crippen LogP contribution < -0.4 is 11.5 Å². The molecule has 6 N–H and O–H groups in total.